The first-order chi connectivity index (χ1) is 25.8. The predicted molar refractivity (Wildman–Crippen MR) is 212 cm³/mol. The molecule has 0 fully saturated rings. The normalized spacial score (nSPS) is 11.8. The van der Waals surface area contributed by atoms with Gasteiger partial charge in [0.1, 0.15) is 0 Å². The largest absolute Gasteiger partial charge is 0.309 e. The number of hydrogen-bond donors (Lipinski definition) is 0. The molecule has 0 spiro atoms. The van der Waals surface area contributed by atoms with Crippen LogP contribution < -0.4 is 4.90 Å². The zero-order chi connectivity index (χ0) is 34.4. The second-order valence-corrected chi connectivity index (χ2v) is 12.9. The van der Waals surface area contributed by atoms with Gasteiger partial charge in [0.05, 0.1) is 22.6 Å². The average molecular weight is 666 g/mol. The summed E-state index contributed by atoms with van der Waals surface area (Å²) < 4.78 is 2.42. The van der Waals surface area contributed by atoms with Crippen molar-refractivity contribution < 1.29 is 0 Å². The number of hydrogen-bond acceptors (Lipinski definition) is 4. The zero-order valence-corrected chi connectivity index (χ0v) is 28.1. The van der Waals surface area contributed by atoms with Crippen LogP contribution in [0, 0.1) is 0 Å². The third-order valence-electron chi connectivity index (χ3n) is 9.77. The molecular formula is C47H31N5. The SMILES string of the molecule is c1ccc(-c2nc(-c3ccccc3)nc(-c3ccc4c(c3)-c3c(n(-c5ccccc5)c5ccccc35)-c3ccccc3N4c3ccccc3)n2)cc1. The van der Waals surface area contributed by atoms with Crippen molar-refractivity contribution in [2.24, 2.45) is 0 Å². The molecule has 0 saturated carbocycles. The Bertz CT molecular complexity index is 2660. The van der Waals surface area contributed by atoms with Gasteiger partial charge in [0, 0.05) is 50.1 Å². The molecule has 5 nitrogen and oxygen atoms in total. The van der Waals surface area contributed by atoms with E-state index in [-0.39, 0.29) is 0 Å². The minimum Gasteiger partial charge on any atom is -0.309 e. The van der Waals surface area contributed by atoms with E-state index in [1.54, 1.807) is 0 Å². The monoisotopic (exact) mass is 665 g/mol. The molecule has 0 amide bonds. The van der Waals surface area contributed by atoms with Gasteiger partial charge in [-0.3, -0.25) is 0 Å². The van der Waals surface area contributed by atoms with Crippen molar-refractivity contribution in [1.29, 1.82) is 0 Å². The number of benzene rings is 7. The number of rotatable bonds is 5. The summed E-state index contributed by atoms with van der Waals surface area (Å²) in [6.07, 6.45) is 0. The van der Waals surface area contributed by atoms with Crippen molar-refractivity contribution in [3.63, 3.8) is 0 Å². The summed E-state index contributed by atoms with van der Waals surface area (Å²) in [5.74, 6) is 1.90. The van der Waals surface area contributed by atoms with Gasteiger partial charge in [-0.25, -0.2) is 15.0 Å². The van der Waals surface area contributed by atoms with Gasteiger partial charge in [0.2, 0.25) is 0 Å². The van der Waals surface area contributed by atoms with Crippen molar-refractivity contribution in [1.82, 2.24) is 19.5 Å². The van der Waals surface area contributed by atoms with E-state index in [1.807, 2.05) is 60.7 Å². The van der Waals surface area contributed by atoms with Gasteiger partial charge in [-0.15, -0.1) is 0 Å². The molecule has 7 aromatic carbocycles. The maximum absolute atomic E-state index is 5.12. The van der Waals surface area contributed by atoms with E-state index in [1.165, 1.54) is 10.9 Å². The van der Waals surface area contributed by atoms with E-state index < -0.39 is 0 Å². The summed E-state index contributed by atoms with van der Waals surface area (Å²) in [5.41, 5.74) is 12.9. The number of anilines is 3. The molecule has 0 aliphatic carbocycles. The van der Waals surface area contributed by atoms with Gasteiger partial charge in [-0.2, -0.15) is 0 Å². The van der Waals surface area contributed by atoms with E-state index in [2.05, 4.69) is 137 Å². The van der Waals surface area contributed by atoms with Crippen LogP contribution in [0.4, 0.5) is 17.1 Å². The topological polar surface area (TPSA) is 46.8 Å². The molecule has 0 saturated heterocycles. The van der Waals surface area contributed by atoms with E-state index in [0.29, 0.717) is 17.5 Å². The second kappa shape index (κ2) is 12.3. The molecule has 5 heteroatoms. The molecule has 2 aromatic heterocycles. The highest BCUT2D eigenvalue weighted by molar-refractivity contribution is 6.13. The maximum atomic E-state index is 5.12. The molecular weight excluding hydrogens is 635 g/mol. The molecule has 244 valence electrons. The second-order valence-electron chi connectivity index (χ2n) is 12.9. The summed E-state index contributed by atoms with van der Waals surface area (Å²) >= 11 is 0. The summed E-state index contributed by atoms with van der Waals surface area (Å²) in [5, 5.41) is 1.18. The van der Waals surface area contributed by atoms with Crippen LogP contribution in [0.25, 0.3) is 73.1 Å². The Kier molecular flexibility index (Phi) is 7.07. The van der Waals surface area contributed by atoms with Crippen LogP contribution in [0.15, 0.2) is 188 Å². The van der Waals surface area contributed by atoms with E-state index in [9.17, 15) is 0 Å². The molecule has 3 heterocycles. The Labute approximate surface area is 301 Å². The zero-order valence-electron chi connectivity index (χ0n) is 28.1. The summed E-state index contributed by atoms with van der Waals surface area (Å²) in [7, 11) is 0. The highest BCUT2D eigenvalue weighted by Gasteiger charge is 2.31. The van der Waals surface area contributed by atoms with Gasteiger partial charge < -0.3 is 9.47 Å². The Morgan fingerprint density at radius 1 is 0.365 bits per heavy atom. The number of aromatic nitrogens is 4. The molecule has 9 aromatic rings. The van der Waals surface area contributed by atoms with E-state index >= 15 is 0 Å². The lowest BCUT2D eigenvalue weighted by molar-refractivity contribution is 1.07. The molecule has 10 rings (SSSR count). The quantitative estimate of drug-likeness (QED) is 0.184. The van der Waals surface area contributed by atoms with Crippen LogP contribution in [0.3, 0.4) is 0 Å². The van der Waals surface area contributed by atoms with Crippen LogP contribution in [0.5, 0.6) is 0 Å². The first kappa shape index (κ1) is 29.8. The highest BCUT2D eigenvalue weighted by atomic mass is 15.2. The molecule has 0 radical (unpaired) electrons. The fourth-order valence-electron chi connectivity index (χ4n) is 7.47. The van der Waals surface area contributed by atoms with Crippen molar-refractivity contribution in [2.75, 3.05) is 4.90 Å². The van der Waals surface area contributed by atoms with Gasteiger partial charge in [-0.1, -0.05) is 133 Å². The lowest BCUT2D eigenvalue weighted by Gasteiger charge is -2.27. The third kappa shape index (κ3) is 4.90. The van der Waals surface area contributed by atoms with Crippen LogP contribution in [0.1, 0.15) is 0 Å². The smallest absolute Gasteiger partial charge is 0.164 e. The van der Waals surface area contributed by atoms with Gasteiger partial charge in [0.15, 0.2) is 17.5 Å². The minimum absolute atomic E-state index is 0.622. The molecule has 1 aliphatic rings. The maximum Gasteiger partial charge on any atom is 0.164 e. The van der Waals surface area contributed by atoms with Gasteiger partial charge in [-0.05, 0) is 54.6 Å². The molecule has 1 aliphatic heterocycles. The fourth-order valence-corrected chi connectivity index (χ4v) is 7.47. The summed E-state index contributed by atoms with van der Waals surface area (Å²) in [6, 6.07) is 65.7. The highest BCUT2D eigenvalue weighted by Crippen LogP contribution is 2.54. The predicted octanol–water partition coefficient (Wildman–Crippen LogP) is 11.9. The Morgan fingerprint density at radius 2 is 0.865 bits per heavy atom. The summed E-state index contributed by atoms with van der Waals surface area (Å²) in [6.45, 7) is 0. The third-order valence-corrected chi connectivity index (χ3v) is 9.77. The molecule has 0 bridgehead atoms. The average Bonchev–Trinajstić information content (AvgIpc) is 3.51. The Morgan fingerprint density at radius 3 is 1.52 bits per heavy atom. The van der Waals surface area contributed by atoms with Gasteiger partial charge in [0.25, 0.3) is 0 Å². The lowest BCUT2D eigenvalue weighted by atomic mass is 9.96. The van der Waals surface area contributed by atoms with Crippen LogP contribution in [-0.2, 0) is 0 Å². The molecule has 52 heavy (non-hydrogen) atoms. The molecule has 0 unspecified atom stereocenters. The van der Waals surface area contributed by atoms with Crippen molar-refractivity contribution >= 4 is 28.0 Å². The minimum atomic E-state index is 0.622. The van der Waals surface area contributed by atoms with Crippen molar-refractivity contribution in [2.45, 2.75) is 0 Å². The first-order valence-corrected chi connectivity index (χ1v) is 17.5. The number of nitrogens with zero attached hydrogens (tertiary/aromatic N) is 5. The number of fused-ring (bicyclic) bond motifs is 7. The Balaban J connectivity index is 1.30. The number of para-hydroxylation sites is 4. The fraction of sp³-hybridized carbons (Fsp3) is 0. The first-order valence-electron chi connectivity index (χ1n) is 17.5. The Hall–Kier alpha value is -7.11. The standard InChI is InChI=1S/C47H31N5/c1-5-17-32(18-6-1)45-48-46(33-19-7-2-8-20-33)50-47(49-45)34-29-30-42-39(31-34)43-37-25-13-15-27-40(37)52(36-23-11-4-12-24-36)44(43)38-26-14-16-28-41(38)51(42)35-21-9-3-10-22-35/h1-31H. The van der Waals surface area contributed by atoms with Crippen LogP contribution in [-0.4, -0.2) is 19.5 Å². The van der Waals surface area contributed by atoms with E-state index in [4.69, 9.17) is 15.0 Å². The van der Waals surface area contributed by atoms with Crippen molar-refractivity contribution in [3.05, 3.63) is 188 Å². The summed E-state index contributed by atoms with van der Waals surface area (Å²) in [4.78, 5) is 17.6. The molecule has 0 atom stereocenters. The van der Waals surface area contributed by atoms with Crippen LogP contribution >= 0.6 is 0 Å². The van der Waals surface area contributed by atoms with E-state index in [0.717, 1.165) is 61.8 Å². The van der Waals surface area contributed by atoms with Crippen LogP contribution in [0.2, 0.25) is 0 Å². The molecule has 0 N–H and O–H groups in total. The van der Waals surface area contributed by atoms with Gasteiger partial charge >= 0.3 is 0 Å². The van der Waals surface area contributed by atoms with Crippen molar-refractivity contribution in [3.8, 4) is 62.2 Å². The lowest BCUT2D eigenvalue weighted by Crippen LogP contribution is -2.11.